The van der Waals surface area contributed by atoms with Crippen LogP contribution in [0.15, 0.2) is 46.9 Å². The summed E-state index contributed by atoms with van der Waals surface area (Å²) in [5.41, 5.74) is 4.70. The number of nitrogens with zero attached hydrogens (tertiary/aromatic N) is 3. The second kappa shape index (κ2) is 9.04. The SMILES string of the molecule is CCOC(=O)C1=C(CSc2ccccc2)CN(C)c2cc(C#N)c3c(c21)CN(C)CO3. The lowest BCUT2D eigenvalue weighted by molar-refractivity contribution is -0.136. The van der Waals surface area contributed by atoms with Crippen LogP contribution in [-0.4, -0.2) is 50.6 Å². The fourth-order valence-electron chi connectivity index (χ4n) is 4.06. The monoisotopic (exact) mass is 435 g/mol. The van der Waals surface area contributed by atoms with E-state index in [1.807, 2.05) is 50.2 Å². The van der Waals surface area contributed by atoms with Gasteiger partial charge in [-0.2, -0.15) is 5.26 Å². The van der Waals surface area contributed by atoms with Gasteiger partial charge in [-0.3, -0.25) is 4.90 Å². The Hall–Kier alpha value is -2.95. The molecule has 0 bridgehead atoms. The first-order valence-corrected chi connectivity index (χ1v) is 11.2. The summed E-state index contributed by atoms with van der Waals surface area (Å²) in [6.07, 6.45) is 0. The summed E-state index contributed by atoms with van der Waals surface area (Å²) in [7, 11) is 3.95. The van der Waals surface area contributed by atoms with Gasteiger partial charge in [0.1, 0.15) is 18.5 Å². The van der Waals surface area contributed by atoms with Gasteiger partial charge in [0.05, 0.1) is 17.7 Å². The normalized spacial score (nSPS) is 15.6. The first kappa shape index (κ1) is 21.3. The Labute approximate surface area is 187 Å². The van der Waals surface area contributed by atoms with Crippen molar-refractivity contribution in [1.29, 1.82) is 5.26 Å². The Balaban J connectivity index is 1.87. The number of esters is 1. The van der Waals surface area contributed by atoms with Gasteiger partial charge in [-0.25, -0.2) is 4.79 Å². The summed E-state index contributed by atoms with van der Waals surface area (Å²) in [5.74, 6) is 0.931. The van der Waals surface area contributed by atoms with E-state index in [-0.39, 0.29) is 5.97 Å². The fraction of sp³-hybridized carbons (Fsp3) is 0.333. The van der Waals surface area contributed by atoms with Crippen molar-refractivity contribution in [3.63, 3.8) is 0 Å². The number of thioether (sulfide) groups is 1. The smallest absolute Gasteiger partial charge is 0.338 e. The lowest BCUT2D eigenvalue weighted by atomic mass is 9.87. The lowest BCUT2D eigenvalue weighted by Gasteiger charge is -2.36. The molecule has 7 heteroatoms. The molecule has 2 aliphatic rings. The number of fused-ring (bicyclic) bond motifs is 3. The molecule has 0 saturated carbocycles. The summed E-state index contributed by atoms with van der Waals surface area (Å²) >= 11 is 1.70. The predicted molar refractivity (Wildman–Crippen MR) is 122 cm³/mol. The highest BCUT2D eigenvalue weighted by atomic mass is 32.2. The third-order valence-electron chi connectivity index (χ3n) is 5.41. The minimum absolute atomic E-state index is 0.307. The average molecular weight is 436 g/mol. The number of ether oxygens (including phenoxy) is 2. The number of rotatable bonds is 5. The summed E-state index contributed by atoms with van der Waals surface area (Å²) < 4.78 is 11.4. The highest BCUT2D eigenvalue weighted by Gasteiger charge is 2.34. The number of anilines is 1. The number of carbonyl (C=O) groups is 1. The largest absolute Gasteiger partial charge is 0.476 e. The van der Waals surface area contributed by atoms with Crippen LogP contribution in [0.3, 0.4) is 0 Å². The van der Waals surface area contributed by atoms with Gasteiger partial charge in [0.15, 0.2) is 0 Å². The quantitative estimate of drug-likeness (QED) is 0.521. The van der Waals surface area contributed by atoms with Crippen molar-refractivity contribution in [3.05, 3.63) is 58.7 Å². The van der Waals surface area contributed by atoms with Crippen LogP contribution in [0, 0.1) is 11.3 Å². The fourth-order valence-corrected chi connectivity index (χ4v) is 4.98. The van der Waals surface area contributed by atoms with E-state index in [0.29, 0.717) is 49.1 Å². The number of likely N-dealkylation sites (N-methyl/N-ethyl adjacent to an activating group) is 1. The average Bonchev–Trinajstić information content (AvgIpc) is 2.78. The predicted octanol–water partition coefficient (Wildman–Crippen LogP) is 3.90. The van der Waals surface area contributed by atoms with Crippen LogP contribution in [0.4, 0.5) is 5.69 Å². The van der Waals surface area contributed by atoms with Gasteiger partial charge in [-0.05, 0) is 37.7 Å². The van der Waals surface area contributed by atoms with E-state index in [2.05, 4.69) is 23.1 Å². The zero-order valence-corrected chi connectivity index (χ0v) is 18.8. The molecule has 0 aliphatic carbocycles. The maximum absolute atomic E-state index is 13.2. The molecule has 2 aromatic rings. The maximum Gasteiger partial charge on any atom is 0.338 e. The van der Waals surface area contributed by atoms with E-state index in [0.717, 1.165) is 27.3 Å². The first-order chi connectivity index (χ1) is 15.0. The Morgan fingerprint density at radius 2 is 2.03 bits per heavy atom. The second-order valence-corrected chi connectivity index (χ2v) is 8.73. The molecule has 0 aromatic heterocycles. The molecule has 0 spiro atoms. The van der Waals surface area contributed by atoms with Crippen molar-refractivity contribution in [2.24, 2.45) is 0 Å². The highest BCUT2D eigenvalue weighted by molar-refractivity contribution is 7.99. The van der Waals surface area contributed by atoms with Crippen molar-refractivity contribution >= 4 is 29.0 Å². The number of benzene rings is 2. The molecule has 0 radical (unpaired) electrons. The Morgan fingerprint density at radius 3 is 2.74 bits per heavy atom. The van der Waals surface area contributed by atoms with E-state index in [4.69, 9.17) is 9.47 Å². The zero-order valence-electron chi connectivity index (χ0n) is 18.0. The van der Waals surface area contributed by atoms with Crippen molar-refractivity contribution in [3.8, 4) is 11.8 Å². The minimum Gasteiger partial charge on any atom is -0.476 e. The van der Waals surface area contributed by atoms with E-state index in [9.17, 15) is 10.1 Å². The lowest BCUT2D eigenvalue weighted by Crippen LogP contribution is -2.34. The molecule has 2 aliphatic heterocycles. The molecule has 4 rings (SSSR count). The zero-order chi connectivity index (χ0) is 22.0. The number of nitriles is 1. The Morgan fingerprint density at radius 1 is 1.26 bits per heavy atom. The molecule has 0 amide bonds. The number of hydrogen-bond donors (Lipinski definition) is 0. The van der Waals surface area contributed by atoms with Gasteiger partial charge in [0.2, 0.25) is 0 Å². The van der Waals surface area contributed by atoms with Crippen molar-refractivity contribution in [2.45, 2.75) is 18.4 Å². The van der Waals surface area contributed by atoms with Gasteiger partial charge in [0, 0.05) is 47.6 Å². The highest BCUT2D eigenvalue weighted by Crippen LogP contribution is 2.45. The molecule has 0 unspecified atom stereocenters. The van der Waals surface area contributed by atoms with E-state index in [1.165, 1.54) is 0 Å². The van der Waals surface area contributed by atoms with Gasteiger partial charge in [-0.15, -0.1) is 11.8 Å². The third-order valence-corrected chi connectivity index (χ3v) is 6.51. The third kappa shape index (κ3) is 4.14. The molecule has 160 valence electrons. The maximum atomic E-state index is 13.2. The molecule has 0 N–H and O–H groups in total. The molecule has 0 fully saturated rings. The molecule has 0 atom stereocenters. The molecule has 2 aromatic carbocycles. The topological polar surface area (TPSA) is 65.8 Å². The molecule has 0 saturated heterocycles. The van der Waals surface area contributed by atoms with Crippen LogP contribution in [0.5, 0.6) is 5.75 Å². The van der Waals surface area contributed by atoms with E-state index in [1.54, 1.807) is 11.8 Å². The molecule has 6 nitrogen and oxygen atoms in total. The summed E-state index contributed by atoms with van der Waals surface area (Å²) in [6.45, 7) is 3.73. The summed E-state index contributed by atoms with van der Waals surface area (Å²) in [6, 6.07) is 14.3. The van der Waals surface area contributed by atoms with Crippen LogP contribution in [0.25, 0.3) is 5.57 Å². The summed E-state index contributed by atoms with van der Waals surface area (Å²) in [5, 5.41) is 9.70. The van der Waals surface area contributed by atoms with Gasteiger partial charge >= 0.3 is 5.97 Å². The van der Waals surface area contributed by atoms with Crippen LogP contribution in [0.1, 0.15) is 23.6 Å². The molecular formula is C24H25N3O3S. The van der Waals surface area contributed by atoms with Crippen LogP contribution < -0.4 is 9.64 Å². The van der Waals surface area contributed by atoms with Gasteiger partial charge in [0.25, 0.3) is 0 Å². The number of hydrogen-bond acceptors (Lipinski definition) is 7. The van der Waals surface area contributed by atoms with E-state index >= 15 is 0 Å². The minimum atomic E-state index is -0.319. The number of carbonyl (C=O) groups excluding carboxylic acids is 1. The van der Waals surface area contributed by atoms with Crippen LogP contribution in [0.2, 0.25) is 0 Å². The Bertz CT molecular complexity index is 1080. The van der Waals surface area contributed by atoms with Crippen molar-refractivity contribution in [1.82, 2.24) is 4.90 Å². The van der Waals surface area contributed by atoms with E-state index < -0.39 is 0 Å². The Kier molecular flexibility index (Phi) is 6.21. The van der Waals surface area contributed by atoms with Gasteiger partial charge in [-0.1, -0.05) is 18.2 Å². The van der Waals surface area contributed by atoms with Crippen molar-refractivity contribution in [2.75, 3.05) is 44.6 Å². The second-order valence-electron chi connectivity index (χ2n) is 7.68. The molecule has 31 heavy (non-hydrogen) atoms. The van der Waals surface area contributed by atoms with Gasteiger partial charge < -0.3 is 14.4 Å². The first-order valence-electron chi connectivity index (χ1n) is 10.2. The summed E-state index contributed by atoms with van der Waals surface area (Å²) in [4.78, 5) is 18.5. The standard InChI is InChI=1S/C24H25N3O3S/c1-4-29-24(28)21-17(14-31-18-8-6-5-7-9-18)12-27(3)20-10-16(11-25)23-19(22(20)21)13-26(2)15-30-23/h5-10H,4,12-15H2,1-3H3. The van der Waals surface area contributed by atoms with Crippen LogP contribution >= 0.6 is 11.8 Å². The molecule has 2 heterocycles. The van der Waals surface area contributed by atoms with Crippen LogP contribution in [-0.2, 0) is 16.1 Å². The van der Waals surface area contributed by atoms with Crippen molar-refractivity contribution < 1.29 is 14.3 Å². The molecular weight excluding hydrogens is 410 g/mol.